The quantitative estimate of drug-likeness (QED) is 0.731. The van der Waals surface area contributed by atoms with E-state index in [0.717, 1.165) is 12.5 Å². The summed E-state index contributed by atoms with van der Waals surface area (Å²) in [6.07, 6.45) is 9.30. The van der Waals surface area contributed by atoms with Gasteiger partial charge < -0.3 is 11.1 Å². The molecule has 1 aliphatic heterocycles. The van der Waals surface area contributed by atoms with Gasteiger partial charge in [-0.3, -0.25) is 4.99 Å². The van der Waals surface area contributed by atoms with Gasteiger partial charge in [0.1, 0.15) is 0 Å². The van der Waals surface area contributed by atoms with E-state index in [1.54, 1.807) is 0 Å². The minimum absolute atomic E-state index is 0.229. The molecule has 2 rings (SSSR count). The SMILES string of the molecule is CCCC1CCCC2(CC1)CN=C(N)N2. The lowest BCUT2D eigenvalue weighted by Gasteiger charge is -2.27. The summed E-state index contributed by atoms with van der Waals surface area (Å²) in [5.41, 5.74) is 5.95. The number of aliphatic imine (C=N–C) groups is 1. The summed E-state index contributed by atoms with van der Waals surface area (Å²) in [6.45, 7) is 3.19. The first-order valence-electron chi connectivity index (χ1n) is 6.32. The van der Waals surface area contributed by atoms with Crippen molar-refractivity contribution in [2.45, 2.75) is 57.4 Å². The molecule has 0 aromatic heterocycles. The molecule has 3 nitrogen and oxygen atoms in total. The second-order valence-corrected chi connectivity index (χ2v) is 5.19. The Morgan fingerprint density at radius 1 is 1.47 bits per heavy atom. The van der Waals surface area contributed by atoms with Crippen LogP contribution in [0.25, 0.3) is 0 Å². The van der Waals surface area contributed by atoms with Crippen molar-refractivity contribution in [3.63, 3.8) is 0 Å². The molecule has 0 aromatic carbocycles. The zero-order valence-corrected chi connectivity index (χ0v) is 9.76. The molecule has 0 amide bonds. The first kappa shape index (κ1) is 10.8. The van der Waals surface area contributed by atoms with Crippen molar-refractivity contribution in [1.82, 2.24) is 5.32 Å². The Morgan fingerprint density at radius 2 is 2.33 bits per heavy atom. The monoisotopic (exact) mass is 209 g/mol. The van der Waals surface area contributed by atoms with Crippen LogP contribution in [0.2, 0.25) is 0 Å². The molecule has 1 saturated carbocycles. The molecule has 1 heterocycles. The van der Waals surface area contributed by atoms with Crippen molar-refractivity contribution in [1.29, 1.82) is 0 Å². The lowest BCUT2D eigenvalue weighted by Crippen LogP contribution is -2.47. The van der Waals surface area contributed by atoms with Gasteiger partial charge in [0, 0.05) is 0 Å². The number of nitrogens with one attached hydrogen (secondary N) is 1. The highest BCUT2D eigenvalue weighted by molar-refractivity contribution is 5.80. The third-order valence-electron chi connectivity index (χ3n) is 3.94. The molecular weight excluding hydrogens is 186 g/mol. The van der Waals surface area contributed by atoms with Gasteiger partial charge in [-0.05, 0) is 25.2 Å². The maximum Gasteiger partial charge on any atom is 0.189 e. The van der Waals surface area contributed by atoms with Gasteiger partial charge in [-0.1, -0.05) is 32.6 Å². The third kappa shape index (κ3) is 2.44. The van der Waals surface area contributed by atoms with Crippen LogP contribution in [0.1, 0.15) is 51.9 Å². The van der Waals surface area contributed by atoms with Crippen LogP contribution >= 0.6 is 0 Å². The molecule has 15 heavy (non-hydrogen) atoms. The highest BCUT2D eigenvalue weighted by Crippen LogP contribution is 2.34. The van der Waals surface area contributed by atoms with Crippen molar-refractivity contribution in [2.24, 2.45) is 16.6 Å². The van der Waals surface area contributed by atoms with Gasteiger partial charge >= 0.3 is 0 Å². The van der Waals surface area contributed by atoms with E-state index in [4.69, 9.17) is 5.73 Å². The van der Waals surface area contributed by atoms with Gasteiger partial charge in [-0.2, -0.15) is 0 Å². The van der Waals surface area contributed by atoms with Crippen LogP contribution in [0, 0.1) is 5.92 Å². The average Bonchev–Trinajstić information content (AvgIpc) is 2.45. The Labute approximate surface area is 92.5 Å². The van der Waals surface area contributed by atoms with Crippen molar-refractivity contribution in [3.05, 3.63) is 0 Å². The molecule has 0 aromatic rings. The van der Waals surface area contributed by atoms with Gasteiger partial charge in [0.2, 0.25) is 0 Å². The van der Waals surface area contributed by atoms with Crippen molar-refractivity contribution < 1.29 is 0 Å². The predicted octanol–water partition coefficient (Wildman–Crippen LogP) is 2.02. The molecule has 0 radical (unpaired) electrons. The number of nitrogens with two attached hydrogens (primary N) is 1. The average molecular weight is 209 g/mol. The number of rotatable bonds is 2. The minimum Gasteiger partial charge on any atom is -0.370 e. The second kappa shape index (κ2) is 4.42. The van der Waals surface area contributed by atoms with Crippen molar-refractivity contribution in [2.75, 3.05) is 6.54 Å². The molecule has 2 aliphatic rings. The molecule has 2 atom stereocenters. The van der Waals surface area contributed by atoms with Crippen LogP contribution in [0.3, 0.4) is 0 Å². The minimum atomic E-state index is 0.229. The standard InChI is InChI=1S/C12H23N3/c1-2-4-10-5-3-7-12(8-6-10)9-14-11(13)15-12/h10H,2-9H2,1H3,(H3,13,14,15). The summed E-state index contributed by atoms with van der Waals surface area (Å²) in [7, 11) is 0. The highest BCUT2D eigenvalue weighted by atomic mass is 15.2. The molecular formula is C12H23N3. The van der Waals surface area contributed by atoms with Crippen molar-refractivity contribution in [3.8, 4) is 0 Å². The Morgan fingerprint density at radius 3 is 3.00 bits per heavy atom. The number of nitrogens with zero attached hydrogens (tertiary/aromatic N) is 1. The normalized spacial score (nSPS) is 36.1. The number of hydrogen-bond acceptors (Lipinski definition) is 3. The van der Waals surface area contributed by atoms with E-state index in [9.17, 15) is 0 Å². The summed E-state index contributed by atoms with van der Waals surface area (Å²) in [5, 5.41) is 3.40. The van der Waals surface area contributed by atoms with Crippen LogP contribution in [0.15, 0.2) is 4.99 Å². The van der Waals surface area contributed by atoms with Crippen LogP contribution in [0.5, 0.6) is 0 Å². The number of hydrogen-bond donors (Lipinski definition) is 2. The van der Waals surface area contributed by atoms with Gasteiger partial charge in [0.25, 0.3) is 0 Å². The topological polar surface area (TPSA) is 50.4 Å². The molecule has 1 aliphatic carbocycles. The second-order valence-electron chi connectivity index (χ2n) is 5.19. The summed E-state index contributed by atoms with van der Waals surface area (Å²) in [5.74, 6) is 1.60. The zero-order valence-electron chi connectivity index (χ0n) is 9.76. The van der Waals surface area contributed by atoms with Gasteiger partial charge in [0.05, 0.1) is 12.1 Å². The fraction of sp³-hybridized carbons (Fsp3) is 0.917. The van der Waals surface area contributed by atoms with Gasteiger partial charge in [0.15, 0.2) is 5.96 Å². The predicted molar refractivity (Wildman–Crippen MR) is 63.8 cm³/mol. The smallest absolute Gasteiger partial charge is 0.189 e. The van der Waals surface area contributed by atoms with E-state index in [1.807, 2.05) is 0 Å². The number of guanidine groups is 1. The zero-order chi connectivity index (χ0) is 10.7. The van der Waals surface area contributed by atoms with Crippen LogP contribution < -0.4 is 11.1 Å². The molecule has 86 valence electrons. The molecule has 0 saturated heterocycles. The first-order valence-corrected chi connectivity index (χ1v) is 6.32. The van der Waals surface area contributed by atoms with E-state index in [-0.39, 0.29) is 5.54 Å². The van der Waals surface area contributed by atoms with E-state index in [1.165, 1.54) is 44.9 Å². The summed E-state index contributed by atoms with van der Waals surface area (Å²) < 4.78 is 0. The van der Waals surface area contributed by atoms with E-state index in [0.29, 0.717) is 5.96 Å². The van der Waals surface area contributed by atoms with E-state index in [2.05, 4.69) is 17.2 Å². The van der Waals surface area contributed by atoms with Gasteiger partial charge in [-0.25, -0.2) is 0 Å². The fourth-order valence-corrected chi connectivity index (χ4v) is 3.05. The Balaban J connectivity index is 1.90. The van der Waals surface area contributed by atoms with Crippen molar-refractivity contribution >= 4 is 5.96 Å². The molecule has 1 spiro atoms. The summed E-state index contributed by atoms with van der Waals surface area (Å²) in [4.78, 5) is 4.31. The molecule has 0 bridgehead atoms. The summed E-state index contributed by atoms with van der Waals surface area (Å²) in [6, 6.07) is 0. The summed E-state index contributed by atoms with van der Waals surface area (Å²) >= 11 is 0. The maximum atomic E-state index is 5.72. The molecule has 3 N–H and O–H groups in total. The molecule has 3 heteroatoms. The Kier molecular flexibility index (Phi) is 3.17. The van der Waals surface area contributed by atoms with Gasteiger partial charge in [-0.15, -0.1) is 0 Å². The van der Waals surface area contributed by atoms with Crippen LogP contribution in [-0.2, 0) is 0 Å². The van der Waals surface area contributed by atoms with E-state index >= 15 is 0 Å². The molecule has 1 fully saturated rings. The highest BCUT2D eigenvalue weighted by Gasteiger charge is 2.36. The lowest BCUT2D eigenvalue weighted by molar-refractivity contribution is 0.348. The first-order chi connectivity index (χ1) is 7.24. The maximum absolute atomic E-state index is 5.72. The fourth-order valence-electron chi connectivity index (χ4n) is 3.05. The van der Waals surface area contributed by atoms with Crippen LogP contribution in [-0.4, -0.2) is 18.0 Å². The largest absolute Gasteiger partial charge is 0.370 e. The van der Waals surface area contributed by atoms with Crippen LogP contribution in [0.4, 0.5) is 0 Å². The molecule has 2 unspecified atom stereocenters. The van der Waals surface area contributed by atoms with E-state index < -0.39 is 0 Å². The third-order valence-corrected chi connectivity index (χ3v) is 3.94. The lowest BCUT2D eigenvalue weighted by atomic mass is 9.90. The Bertz CT molecular complexity index is 249. The Hall–Kier alpha value is -0.730.